The lowest BCUT2D eigenvalue weighted by Crippen LogP contribution is -2.04. The second-order valence-corrected chi connectivity index (χ2v) is 3.99. The van der Waals surface area contributed by atoms with Gasteiger partial charge >= 0.3 is 0 Å². The highest BCUT2D eigenvalue weighted by Gasteiger charge is 2.04. The molecule has 0 aliphatic rings. The van der Waals surface area contributed by atoms with Gasteiger partial charge in [0, 0.05) is 11.1 Å². The van der Waals surface area contributed by atoms with Gasteiger partial charge in [-0.25, -0.2) is 0 Å². The number of hydrogen-bond donors (Lipinski definition) is 1. The van der Waals surface area contributed by atoms with Crippen LogP contribution in [0.3, 0.4) is 0 Å². The van der Waals surface area contributed by atoms with Crippen LogP contribution in [0.5, 0.6) is 0 Å². The molecule has 1 radical (unpaired) electrons. The van der Waals surface area contributed by atoms with Crippen LogP contribution in [-0.4, -0.2) is 9.78 Å². The molecular weight excluding hydrogens is 210 g/mol. The van der Waals surface area contributed by atoms with Gasteiger partial charge in [-0.2, -0.15) is 5.10 Å². The highest BCUT2D eigenvalue weighted by Crippen LogP contribution is 2.16. The summed E-state index contributed by atoms with van der Waals surface area (Å²) >= 11 is 0. The van der Waals surface area contributed by atoms with E-state index in [1.54, 1.807) is 0 Å². The van der Waals surface area contributed by atoms with Crippen molar-refractivity contribution in [3.63, 3.8) is 0 Å². The number of nitrogens with zero attached hydrogens (tertiary/aromatic N) is 2. The Morgan fingerprint density at radius 2 is 1.82 bits per heavy atom. The second kappa shape index (κ2) is 3.94. The van der Waals surface area contributed by atoms with E-state index < -0.39 is 0 Å². The van der Waals surface area contributed by atoms with Crippen LogP contribution in [-0.2, 0) is 6.54 Å². The molecule has 2 N–H and O–H groups in total. The predicted molar refractivity (Wildman–Crippen MR) is 68.5 cm³/mol. The van der Waals surface area contributed by atoms with E-state index in [1.165, 1.54) is 0 Å². The molecule has 0 amide bonds. The number of nitrogen functional groups attached to an aromatic ring is 1. The Kier molecular flexibility index (Phi) is 2.29. The Bertz CT molecular complexity index is 655. The molecule has 1 heterocycles. The number of nitrogens with two attached hydrogens (primary N) is 1. The van der Waals surface area contributed by atoms with E-state index in [9.17, 15) is 0 Å². The quantitative estimate of drug-likeness (QED) is 0.677. The molecule has 3 aromatic rings. The largest absolute Gasteiger partial charge is 0.398 e. The lowest BCUT2D eigenvalue weighted by molar-refractivity contribution is 0.711. The van der Waals surface area contributed by atoms with Crippen molar-refractivity contribution in [2.45, 2.75) is 6.54 Å². The van der Waals surface area contributed by atoms with Crippen LogP contribution in [0.2, 0.25) is 0 Å². The summed E-state index contributed by atoms with van der Waals surface area (Å²) in [7, 11) is 0. The minimum absolute atomic E-state index is 0.677. The summed E-state index contributed by atoms with van der Waals surface area (Å²) in [6.45, 7) is 0.677. The summed E-state index contributed by atoms with van der Waals surface area (Å²) in [5.74, 6) is 0. The topological polar surface area (TPSA) is 43.8 Å². The fourth-order valence-electron chi connectivity index (χ4n) is 1.92. The van der Waals surface area contributed by atoms with Gasteiger partial charge in [0.1, 0.15) is 6.20 Å². The minimum atomic E-state index is 0.677. The fourth-order valence-corrected chi connectivity index (χ4v) is 1.92. The maximum atomic E-state index is 5.93. The van der Waals surface area contributed by atoms with E-state index in [0.29, 0.717) is 6.54 Å². The Balaban J connectivity index is 2.03. The normalized spacial score (nSPS) is 10.8. The molecule has 0 aliphatic carbocycles. The van der Waals surface area contributed by atoms with Gasteiger partial charge in [-0.3, -0.25) is 4.68 Å². The Morgan fingerprint density at radius 1 is 1.06 bits per heavy atom. The van der Waals surface area contributed by atoms with Crippen molar-refractivity contribution < 1.29 is 0 Å². The molecule has 2 aromatic carbocycles. The van der Waals surface area contributed by atoms with Gasteiger partial charge in [0.25, 0.3) is 0 Å². The molecule has 0 saturated carbocycles. The molecule has 3 heteroatoms. The van der Waals surface area contributed by atoms with Crippen LogP contribution in [0, 0.1) is 6.20 Å². The van der Waals surface area contributed by atoms with E-state index >= 15 is 0 Å². The summed E-state index contributed by atoms with van der Waals surface area (Å²) in [6, 6.07) is 15.9. The molecule has 0 atom stereocenters. The summed E-state index contributed by atoms with van der Waals surface area (Å²) in [6.07, 6.45) is 3.00. The maximum absolute atomic E-state index is 5.93. The van der Waals surface area contributed by atoms with E-state index in [4.69, 9.17) is 5.73 Å². The van der Waals surface area contributed by atoms with Crippen molar-refractivity contribution in [2.75, 3.05) is 5.73 Å². The molecule has 17 heavy (non-hydrogen) atoms. The first kappa shape index (κ1) is 9.90. The Morgan fingerprint density at radius 3 is 2.71 bits per heavy atom. The van der Waals surface area contributed by atoms with Crippen LogP contribution in [0.25, 0.3) is 10.9 Å². The summed E-state index contributed by atoms with van der Waals surface area (Å²) in [4.78, 5) is 0. The third-order valence-corrected chi connectivity index (χ3v) is 2.85. The van der Waals surface area contributed by atoms with E-state index in [0.717, 1.165) is 22.2 Å². The first-order valence-corrected chi connectivity index (χ1v) is 5.51. The maximum Gasteiger partial charge on any atom is 0.121 e. The van der Waals surface area contributed by atoms with E-state index in [-0.39, 0.29) is 0 Å². The van der Waals surface area contributed by atoms with Crippen molar-refractivity contribution in [3.05, 3.63) is 60.3 Å². The Hall–Kier alpha value is -2.29. The second-order valence-electron chi connectivity index (χ2n) is 3.99. The van der Waals surface area contributed by atoms with Gasteiger partial charge in [-0.1, -0.05) is 36.4 Å². The minimum Gasteiger partial charge on any atom is -0.398 e. The van der Waals surface area contributed by atoms with Gasteiger partial charge in [0.2, 0.25) is 0 Å². The third kappa shape index (κ3) is 1.76. The van der Waals surface area contributed by atoms with Gasteiger partial charge < -0.3 is 5.73 Å². The summed E-state index contributed by atoms with van der Waals surface area (Å²) < 4.78 is 1.92. The molecule has 0 fully saturated rings. The molecule has 83 valence electrons. The highest BCUT2D eigenvalue weighted by molar-refractivity contribution is 5.77. The number of hydrogen-bond acceptors (Lipinski definition) is 2. The Labute approximate surface area is 99.5 Å². The molecule has 3 nitrogen and oxygen atoms in total. The van der Waals surface area contributed by atoms with Crippen molar-refractivity contribution >= 4 is 16.6 Å². The first-order valence-electron chi connectivity index (χ1n) is 5.51. The number of para-hydroxylation sites is 2. The zero-order valence-corrected chi connectivity index (χ0v) is 9.30. The number of anilines is 1. The molecule has 0 spiro atoms. The molecular formula is C14H12N3. The first-order chi connectivity index (χ1) is 8.34. The van der Waals surface area contributed by atoms with Crippen molar-refractivity contribution in [2.24, 2.45) is 0 Å². The van der Waals surface area contributed by atoms with Crippen molar-refractivity contribution in [3.8, 4) is 0 Å². The van der Waals surface area contributed by atoms with E-state index in [1.807, 2.05) is 53.2 Å². The smallest absolute Gasteiger partial charge is 0.121 e. The van der Waals surface area contributed by atoms with Gasteiger partial charge in [-0.05, 0) is 17.7 Å². The molecule has 0 unspecified atom stereocenters. The molecule has 3 rings (SSSR count). The van der Waals surface area contributed by atoms with Crippen LogP contribution in [0.1, 0.15) is 5.56 Å². The number of rotatable bonds is 2. The highest BCUT2D eigenvalue weighted by atomic mass is 15.3. The van der Waals surface area contributed by atoms with Crippen LogP contribution in [0.4, 0.5) is 5.69 Å². The lowest BCUT2D eigenvalue weighted by atomic mass is 10.2. The zero-order valence-electron chi connectivity index (χ0n) is 9.30. The third-order valence-electron chi connectivity index (χ3n) is 2.85. The zero-order chi connectivity index (χ0) is 11.7. The van der Waals surface area contributed by atoms with Crippen LogP contribution in [0.15, 0.2) is 48.5 Å². The van der Waals surface area contributed by atoms with E-state index in [2.05, 4.69) is 11.3 Å². The van der Waals surface area contributed by atoms with Crippen molar-refractivity contribution in [1.82, 2.24) is 9.78 Å². The van der Waals surface area contributed by atoms with Gasteiger partial charge in [0.15, 0.2) is 0 Å². The lowest BCUT2D eigenvalue weighted by Gasteiger charge is -2.06. The number of benzene rings is 2. The molecule has 0 aliphatic heterocycles. The fraction of sp³-hybridized carbons (Fsp3) is 0.0714. The number of aromatic nitrogens is 2. The van der Waals surface area contributed by atoms with Crippen LogP contribution >= 0.6 is 0 Å². The average Bonchev–Trinajstić information content (AvgIpc) is 2.76. The molecule has 0 bridgehead atoms. The summed E-state index contributed by atoms with van der Waals surface area (Å²) in [5.41, 5.74) is 8.89. The van der Waals surface area contributed by atoms with Crippen LogP contribution < -0.4 is 5.73 Å². The van der Waals surface area contributed by atoms with Gasteiger partial charge in [0.05, 0.1) is 12.1 Å². The SMILES string of the molecule is Nc1ccccc1Cn1n[c]c2ccccc21. The average molecular weight is 222 g/mol. The predicted octanol–water partition coefficient (Wildman–Crippen LogP) is 2.47. The number of fused-ring (bicyclic) bond motifs is 1. The van der Waals surface area contributed by atoms with Crippen molar-refractivity contribution in [1.29, 1.82) is 0 Å². The summed E-state index contributed by atoms with van der Waals surface area (Å²) in [5, 5.41) is 5.30. The molecule has 0 saturated heterocycles. The monoisotopic (exact) mass is 222 g/mol. The molecule has 1 aromatic heterocycles. The van der Waals surface area contributed by atoms with Gasteiger partial charge in [-0.15, -0.1) is 0 Å². The standard InChI is InChI=1S/C14H12N3/c15-13-7-3-1-6-12(13)10-17-14-8-4-2-5-11(14)9-16-17/h1-8H,10,15H2.